The number of carboxylic acids is 1. The number of hydrogen-bond donors (Lipinski definition) is 1. The number of aromatic carboxylic acids is 1. The van der Waals surface area contributed by atoms with Crippen LogP contribution in [0.4, 0.5) is 13.2 Å². The number of carboxylic acid groups (broad SMARTS) is 1. The van der Waals surface area contributed by atoms with Crippen LogP contribution in [0.5, 0.6) is 5.75 Å². The summed E-state index contributed by atoms with van der Waals surface area (Å²) in [5.41, 5.74) is -0.284. The summed E-state index contributed by atoms with van der Waals surface area (Å²) in [6, 6.07) is 3.67. The van der Waals surface area contributed by atoms with Crippen molar-refractivity contribution in [2.45, 2.75) is 32.4 Å². The van der Waals surface area contributed by atoms with Gasteiger partial charge in [-0.15, -0.1) is 0 Å². The maximum absolute atomic E-state index is 12.1. The van der Waals surface area contributed by atoms with E-state index in [2.05, 4.69) is 4.74 Å². The van der Waals surface area contributed by atoms with Crippen LogP contribution in [-0.2, 0) is 10.2 Å². The second-order valence-corrected chi connectivity index (χ2v) is 5.15. The Hall–Kier alpha value is -0.855. The summed E-state index contributed by atoms with van der Waals surface area (Å²) >= 11 is 0. The van der Waals surface area contributed by atoms with Gasteiger partial charge in [0.2, 0.25) is 0 Å². The van der Waals surface area contributed by atoms with Crippen molar-refractivity contribution in [2.24, 2.45) is 0 Å². The van der Waals surface area contributed by atoms with Gasteiger partial charge in [-0.3, -0.25) is 0 Å². The van der Waals surface area contributed by atoms with Crippen molar-refractivity contribution in [3.05, 3.63) is 29.3 Å². The van der Waals surface area contributed by atoms with Gasteiger partial charge in [0.1, 0.15) is 11.3 Å². The Morgan fingerprint density at radius 2 is 1.59 bits per heavy atom. The monoisotopic (exact) mass is 306 g/mol. The zero-order valence-corrected chi connectivity index (χ0v) is 11.0. The predicted octanol–water partition coefficient (Wildman–Crippen LogP) is 1.85. The molecule has 4 nitrogen and oxygen atoms in total. The zero-order valence-electron chi connectivity index (χ0n) is 11.0. The average molecular weight is 306 g/mol. The predicted molar refractivity (Wildman–Crippen MR) is 78.1 cm³/mol. The molecule has 0 aliphatic carbocycles. The molecule has 0 fully saturated rings. The van der Waals surface area contributed by atoms with E-state index in [-0.39, 0.29) is 37.7 Å². The number of benzene rings is 1. The van der Waals surface area contributed by atoms with Gasteiger partial charge in [0, 0.05) is 0 Å². The fourth-order valence-electron chi connectivity index (χ4n) is 1.41. The van der Waals surface area contributed by atoms with E-state index in [9.17, 15) is 22.8 Å². The van der Waals surface area contributed by atoms with E-state index in [4.69, 9.17) is 5.11 Å². The molecule has 9 heteroatoms. The van der Waals surface area contributed by atoms with Crippen molar-refractivity contribution in [2.75, 3.05) is 0 Å². The molecule has 1 aromatic rings. The van der Waals surface area contributed by atoms with E-state index >= 15 is 0 Å². The number of halogens is 3. The number of esters is 1. The third-order valence-corrected chi connectivity index (χ3v) is 2.51. The molecule has 0 spiro atoms. The second-order valence-electron chi connectivity index (χ2n) is 5.15. The molecule has 0 saturated heterocycles. The number of alkyl halides is 3. The minimum atomic E-state index is -5.18. The number of ether oxygens (including phenoxy) is 1. The summed E-state index contributed by atoms with van der Waals surface area (Å²) in [6.07, 6.45) is -5.18. The summed E-state index contributed by atoms with van der Waals surface area (Å²) in [5, 5.41) is 9.00. The quantitative estimate of drug-likeness (QED) is 0.514. The van der Waals surface area contributed by atoms with Crippen LogP contribution in [0.1, 0.15) is 36.7 Å². The Balaban J connectivity index is 0. The summed E-state index contributed by atoms with van der Waals surface area (Å²) in [5.74, 6) is -4.56. The Morgan fingerprint density at radius 1 is 1.09 bits per heavy atom. The van der Waals surface area contributed by atoms with Gasteiger partial charge in [0.25, 0.3) is 0 Å². The van der Waals surface area contributed by atoms with Crippen LogP contribution in [0.2, 0.25) is 0 Å². The van der Waals surface area contributed by atoms with Gasteiger partial charge in [0.05, 0.1) is 0 Å². The molecule has 1 rings (SSSR count). The molecular weight excluding hydrogens is 291 g/mol. The summed E-state index contributed by atoms with van der Waals surface area (Å²) in [4.78, 5) is 21.8. The van der Waals surface area contributed by atoms with E-state index in [1.54, 1.807) is 0 Å². The van der Waals surface area contributed by atoms with Crippen molar-refractivity contribution in [3.8, 4) is 5.75 Å². The molecule has 0 atom stereocenters. The molecule has 1 aromatic carbocycles. The molecule has 0 aliphatic rings. The van der Waals surface area contributed by atoms with Crippen LogP contribution in [-0.4, -0.2) is 60.9 Å². The fraction of sp³-hybridized carbons (Fsp3) is 0.385. The Bertz CT molecular complexity index is 551. The molecule has 114 valence electrons. The van der Waals surface area contributed by atoms with E-state index in [1.165, 1.54) is 12.1 Å². The number of carbonyl (C=O) groups is 2. The molecule has 0 radical (unpaired) electrons. The molecule has 0 aromatic heterocycles. The van der Waals surface area contributed by atoms with Crippen molar-refractivity contribution in [1.29, 1.82) is 0 Å². The first-order valence-electron chi connectivity index (χ1n) is 5.60. The molecule has 0 heterocycles. The molecule has 0 saturated carbocycles. The molecule has 0 amide bonds. The van der Waals surface area contributed by atoms with Gasteiger partial charge in [-0.25, -0.2) is 9.59 Å². The number of carbonyl (C=O) groups excluding carboxylic acids is 1. The Labute approximate surface area is 149 Å². The number of hydrogen-bond acceptors (Lipinski definition) is 3. The van der Waals surface area contributed by atoms with Crippen molar-refractivity contribution < 1.29 is 32.6 Å². The SMILES string of the molecule is CC(C)(C)c1ccc(OC(=O)C(F)(F)F)c(C(=O)O)c1.[LiH].[LiH]. The van der Waals surface area contributed by atoms with Crippen LogP contribution in [0, 0.1) is 0 Å². The molecule has 0 bridgehead atoms. The van der Waals surface area contributed by atoms with E-state index in [0.717, 1.165) is 6.07 Å². The Morgan fingerprint density at radius 3 is 1.95 bits per heavy atom. The van der Waals surface area contributed by atoms with Gasteiger partial charge < -0.3 is 9.84 Å². The molecule has 1 N–H and O–H groups in total. The standard InChI is InChI=1S/C13H13F3O4.2Li.2H/c1-12(2,3)7-4-5-9(8(6-7)10(17)18)20-11(19)13(14,15)16;;;;/h4-6H,1-3H3,(H,17,18);;;;. The molecule has 0 aliphatic heterocycles. The van der Waals surface area contributed by atoms with Gasteiger partial charge in [-0.2, -0.15) is 13.2 Å². The molecule has 22 heavy (non-hydrogen) atoms. The number of rotatable bonds is 2. The van der Waals surface area contributed by atoms with E-state index in [0.29, 0.717) is 5.56 Å². The third-order valence-electron chi connectivity index (χ3n) is 2.51. The van der Waals surface area contributed by atoms with Crippen LogP contribution in [0.25, 0.3) is 0 Å². The topological polar surface area (TPSA) is 63.6 Å². The van der Waals surface area contributed by atoms with E-state index in [1.807, 2.05) is 20.8 Å². The second kappa shape index (κ2) is 8.13. The Kier molecular flexibility index (Phi) is 8.65. The fourth-order valence-corrected chi connectivity index (χ4v) is 1.41. The summed E-state index contributed by atoms with van der Waals surface area (Å²) in [6.45, 7) is 5.44. The maximum atomic E-state index is 12.1. The van der Waals surface area contributed by atoms with Crippen LogP contribution in [0.3, 0.4) is 0 Å². The van der Waals surface area contributed by atoms with Crippen molar-refractivity contribution in [3.63, 3.8) is 0 Å². The van der Waals surface area contributed by atoms with Gasteiger partial charge >= 0.3 is 55.8 Å². The van der Waals surface area contributed by atoms with Gasteiger partial charge in [0.15, 0.2) is 0 Å². The minimum absolute atomic E-state index is 0. The van der Waals surface area contributed by atoms with Gasteiger partial charge in [-0.1, -0.05) is 26.8 Å². The average Bonchev–Trinajstić information content (AvgIpc) is 2.26. The van der Waals surface area contributed by atoms with Crippen molar-refractivity contribution in [1.82, 2.24) is 0 Å². The first-order chi connectivity index (χ1) is 8.93. The van der Waals surface area contributed by atoms with E-state index < -0.39 is 34.8 Å². The summed E-state index contributed by atoms with van der Waals surface area (Å²) < 4.78 is 40.4. The van der Waals surface area contributed by atoms with Crippen LogP contribution < -0.4 is 4.74 Å². The first kappa shape index (κ1) is 23.4. The summed E-state index contributed by atoms with van der Waals surface area (Å²) in [7, 11) is 0. The third kappa shape index (κ3) is 6.10. The first-order valence-corrected chi connectivity index (χ1v) is 5.60. The molecule has 0 unspecified atom stereocenters. The zero-order chi connectivity index (χ0) is 15.7. The normalized spacial score (nSPS) is 11.0. The van der Waals surface area contributed by atoms with Gasteiger partial charge in [-0.05, 0) is 23.1 Å². The van der Waals surface area contributed by atoms with Crippen LogP contribution >= 0.6 is 0 Å². The molecular formula is C13H15F3Li2O4. The van der Waals surface area contributed by atoms with Crippen LogP contribution in [0.15, 0.2) is 18.2 Å². The van der Waals surface area contributed by atoms with Crippen molar-refractivity contribution >= 4 is 49.7 Å².